The molecular weight excluding hydrogens is 256 g/mol. The number of amides is 1. The standard InChI is InChI=1S/C14H12N4O2/c1-18-8-9(7-15-18)16-14(20)11-6-13(19)17-12-5-3-2-4-10(11)12/h2-8H,1H3,(H,16,20)(H,17,19). The highest BCUT2D eigenvalue weighted by atomic mass is 16.2. The number of rotatable bonds is 2. The first kappa shape index (κ1) is 12.2. The van der Waals surface area contributed by atoms with Gasteiger partial charge in [-0.1, -0.05) is 18.2 Å². The van der Waals surface area contributed by atoms with E-state index in [2.05, 4.69) is 15.4 Å². The van der Waals surface area contributed by atoms with Crippen molar-refractivity contribution >= 4 is 22.5 Å². The van der Waals surface area contributed by atoms with Crippen molar-refractivity contribution in [3.8, 4) is 0 Å². The van der Waals surface area contributed by atoms with Crippen LogP contribution in [0.1, 0.15) is 10.4 Å². The van der Waals surface area contributed by atoms with E-state index in [1.54, 1.807) is 42.3 Å². The van der Waals surface area contributed by atoms with Crippen LogP contribution < -0.4 is 10.9 Å². The number of nitrogens with zero attached hydrogens (tertiary/aromatic N) is 2. The summed E-state index contributed by atoms with van der Waals surface area (Å²) in [6.45, 7) is 0. The van der Waals surface area contributed by atoms with E-state index in [-0.39, 0.29) is 11.5 Å². The molecule has 0 saturated carbocycles. The maximum Gasteiger partial charge on any atom is 0.256 e. The molecule has 0 fully saturated rings. The number of hydrogen-bond donors (Lipinski definition) is 2. The molecule has 6 heteroatoms. The average Bonchev–Trinajstić information content (AvgIpc) is 2.83. The van der Waals surface area contributed by atoms with Crippen LogP contribution in [0.25, 0.3) is 10.9 Å². The van der Waals surface area contributed by atoms with Crippen molar-refractivity contribution in [3.63, 3.8) is 0 Å². The second-order valence-corrected chi connectivity index (χ2v) is 4.45. The van der Waals surface area contributed by atoms with E-state index in [9.17, 15) is 9.59 Å². The molecule has 2 heterocycles. The smallest absolute Gasteiger partial charge is 0.256 e. The average molecular weight is 268 g/mol. The molecule has 2 aromatic heterocycles. The molecule has 2 N–H and O–H groups in total. The molecule has 1 amide bonds. The van der Waals surface area contributed by atoms with E-state index < -0.39 is 0 Å². The third-order valence-electron chi connectivity index (χ3n) is 2.96. The van der Waals surface area contributed by atoms with Crippen molar-refractivity contribution < 1.29 is 4.79 Å². The molecule has 1 aromatic carbocycles. The number of para-hydroxylation sites is 1. The van der Waals surface area contributed by atoms with Gasteiger partial charge in [0.1, 0.15) is 0 Å². The predicted molar refractivity (Wildman–Crippen MR) is 75.7 cm³/mol. The third kappa shape index (κ3) is 2.18. The number of H-pyrrole nitrogens is 1. The maximum atomic E-state index is 12.3. The van der Waals surface area contributed by atoms with Crippen LogP contribution in [0, 0.1) is 0 Å². The van der Waals surface area contributed by atoms with Crippen LogP contribution >= 0.6 is 0 Å². The van der Waals surface area contributed by atoms with E-state index in [1.165, 1.54) is 6.07 Å². The Bertz CT molecular complexity index is 848. The third-order valence-corrected chi connectivity index (χ3v) is 2.96. The lowest BCUT2D eigenvalue weighted by atomic mass is 10.1. The van der Waals surface area contributed by atoms with Gasteiger partial charge in [0.25, 0.3) is 5.91 Å². The number of carbonyl (C=O) groups is 1. The number of fused-ring (bicyclic) bond motifs is 1. The number of aromatic amines is 1. The predicted octanol–water partition coefficient (Wildman–Crippen LogP) is 1.51. The Balaban J connectivity index is 2.05. The second kappa shape index (κ2) is 4.65. The SMILES string of the molecule is Cn1cc(NC(=O)c2cc(=O)[nH]c3ccccc23)cn1. The molecule has 0 aliphatic rings. The molecule has 0 atom stereocenters. The van der Waals surface area contributed by atoms with Gasteiger partial charge in [0, 0.05) is 30.2 Å². The molecule has 6 nitrogen and oxygen atoms in total. The van der Waals surface area contributed by atoms with Gasteiger partial charge in [-0.15, -0.1) is 0 Å². The Morgan fingerprint density at radius 2 is 2.15 bits per heavy atom. The van der Waals surface area contributed by atoms with Gasteiger partial charge < -0.3 is 10.3 Å². The Morgan fingerprint density at radius 1 is 1.35 bits per heavy atom. The molecule has 20 heavy (non-hydrogen) atoms. The summed E-state index contributed by atoms with van der Waals surface area (Å²) in [5, 5.41) is 7.40. The molecule has 0 unspecified atom stereocenters. The minimum absolute atomic E-state index is 0.306. The highest BCUT2D eigenvalue weighted by Crippen LogP contribution is 2.16. The highest BCUT2D eigenvalue weighted by molar-refractivity contribution is 6.12. The number of anilines is 1. The van der Waals surface area contributed by atoms with Crippen LogP contribution in [0.15, 0.2) is 47.5 Å². The number of aryl methyl sites for hydroxylation is 1. The van der Waals surface area contributed by atoms with Crippen LogP contribution in [0.2, 0.25) is 0 Å². The van der Waals surface area contributed by atoms with E-state index >= 15 is 0 Å². The highest BCUT2D eigenvalue weighted by Gasteiger charge is 2.12. The van der Waals surface area contributed by atoms with Crippen molar-refractivity contribution in [2.75, 3.05) is 5.32 Å². The number of nitrogens with one attached hydrogen (secondary N) is 2. The van der Waals surface area contributed by atoms with Crippen LogP contribution in [-0.2, 0) is 7.05 Å². The van der Waals surface area contributed by atoms with E-state index in [0.29, 0.717) is 22.2 Å². The Morgan fingerprint density at radius 3 is 2.90 bits per heavy atom. The summed E-state index contributed by atoms with van der Waals surface area (Å²) in [6.07, 6.45) is 3.24. The van der Waals surface area contributed by atoms with Gasteiger partial charge >= 0.3 is 0 Å². The zero-order valence-corrected chi connectivity index (χ0v) is 10.8. The van der Waals surface area contributed by atoms with Crippen LogP contribution in [0.5, 0.6) is 0 Å². The molecule has 0 aliphatic heterocycles. The van der Waals surface area contributed by atoms with E-state index in [1.807, 2.05) is 6.07 Å². The van der Waals surface area contributed by atoms with Gasteiger partial charge in [-0.05, 0) is 6.07 Å². The summed E-state index contributed by atoms with van der Waals surface area (Å²) < 4.78 is 1.59. The quantitative estimate of drug-likeness (QED) is 0.739. The van der Waals surface area contributed by atoms with E-state index in [0.717, 1.165) is 0 Å². The number of benzene rings is 1. The molecule has 0 spiro atoms. The van der Waals surface area contributed by atoms with Crippen LogP contribution in [0.4, 0.5) is 5.69 Å². The summed E-state index contributed by atoms with van der Waals surface area (Å²) >= 11 is 0. The molecule has 3 aromatic rings. The Kier molecular flexibility index (Phi) is 2.83. The monoisotopic (exact) mass is 268 g/mol. The fourth-order valence-corrected chi connectivity index (χ4v) is 2.08. The van der Waals surface area contributed by atoms with Crippen molar-refractivity contribution in [2.45, 2.75) is 0 Å². The fraction of sp³-hybridized carbons (Fsp3) is 0.0714. The van der Waals surface area contributed by atoms with Crippen molar-refractivity contribution in [2.24, 2.45) is 7.05 Å². The molecule has 0 aliphatic carbocycles. The molecule has 0 saturated heterocycles. The van der Waals surface area contributed by atoms with Crippen molar-refractivity contribution in [1.82, 2.24) is 14.8 Å². The number of aromatic nitrogens is 3. The molecular formula is C14H12N4O2. The van der Waals surface area contributed by atoms with Gasteiger partial charge in [0.2, 0.25) is 5.56 Å². The van der Waals surface area contributed by atoms with Crippen molar-refractivity contribution in [3.05, 3.63) is 58.6 Å². The summed E-state index contributed by atoms with van der Waals surface area (Å²) in [7, 11) is 1.76. The largest absolute Gasteiger partial charge is 0.322 e. The lowest BCUT2D eigenvalue weighted by Crippen LogP contribution is -2.16. The van der Waals surface area contributed by atoms with Crippen molar-refractivity contribution in [1.29, 1.82) is 0 Å². The van der Waals surface area contributed by atoms with E-state index in [4.69, 9.17) is 0 Å². The topological polar surface area (TPSA) is 79.8 Å². The van der Waals surface area contributed by atoms with Crippen LogP contribution in [0.3, 0.4) is 0 Å². The summed E-state index contributed by atoms with van der Waals surface area (Å²) in [5.74, 6) is -0.333. The lowest BCUT2D eigenvalue weighted by molar-refractivity contribution is 0.102. The van der Waals surface area contributed by atoms with Gasteiger partial charge in [-0.3, -0.25) is 14.3 Å². The molecule has 0 radical (unpaired) electrons. The lowest BCUT2D eigenvalue weighted by Gasteiger charge is -2.06. The van der Waals surface area contributed by atoms with Gasteiger partial charge in [0.15, 0.2) is 0 Å². The summed E-state index contributed by atoms with van der Waals surface area (Å²) in [6, 6.07) is 8.48. The normalized spacial score (nSPS) is 10.7. The minimum Gasteiger partial charge on any atom is -0.322 e. The molecule has 0 bridgehead atoms. The first-order chi connectivity index (χ1) is 9.63. The van der Waals surface area contributed by atoms with Gasteiger partial charge in [-0.25, -0.2) is 0 Å². The fourth-order valence-electron chi connectivity index (χ4n) is 2.08. The summed E-state index contributed by atoms with van der Waals surface area (Å²) in [4.78, 5) is 26.6. The summed E-state index contributed by atoms with van der Waals surface area (Å²) in [5.41, 5.74) is 1.26. The maximum absolute atomic E-state index is 12.3. The molecule has 100 valence electrons. The number of hydrogen-bond acceptors (Lipinski definition) is 3. The zero-order valence-electron chi connectivity index (χ0n) is 10.8. The second-order valence-electron chi connectivity index (χ2n) is 4.45. The Labute approximate surface area is 114 Å². The zero-order chi connectivity index (χ0) is 14.1. The number of carbonyl (C=O) groups excluding carboxylic acids is 1. The first-order valence-corrected chi connectivity index (χ1v) is 6.05. The minimum atomic E-state index is -0.333. The van der Waals surface area contributed by atoms with Gasteiger partial charge in [0.05, 0.1) is 17.4 Å². The van der Waals surface area contributed by atoms with Gasteiger partial charge in [-0.2, -0.15) is 5.10 Å². The number of pyridine rings is 1. The first-order valence-electron chi connectivity index (χ1n) is 6.05. The molecule has 3 rings (SSSR count). The van der Waals surface area contributed by atoms with Crippen LogP contribution in [-0.4, -0.2) is 20.7 Å². The Hall–Kier alpha value is -2.89.